The van der Waals surface area contributed by atoms with E-state index in [1.54, 1.807) is 0 Å². The van der Waals surface area contributed by atoms with Crippen LogP contribution in [0.15, 0.2) is 36.5 Å². The van der Waals surface area contributed by atoms with Gasteiger partial charge in [-0.3, -0.25) is 14.6 Å². The SMILES string of the molecule is COC(=O)[C@]12CC3CC(C1)[C@@H](N1C(=O)C(C)(C)C1c1cccc4ncccc14)[C@@H](C3)C2. The number of hydrogen-bond donors (Lipinski definition) is 0. The highest BCUT2D eigenvalue weighted by atomic mass is 16.5. The Morgan fingerprint density at radius 2 is 1.84 bits per heavy atom. The minimum Gasteiger partial charge on any atom is -0.469 e. The zero-order chi connectivity index (χ0) is 21.5. The number of carbonyl (C=O) groups excluding carboxylic acids is 2. The first-order chi connectivity index (χ1) is 14.9. The lowest BCUT2D eigenvalue weighted by Gasteiger charge is -2.66. The molecule has 31 heavy (non-hydrogen) atoms. The molecule has 0 spiro atoms. The van der Waals surface area contributed by atoms with Gasteiger partial charge in [-0.25, -0.2) is 0 Å². The van der Waals surface area contributed by atoms with Gasteiger partial charge in [0.05, 0.1) is 29.5 Å². The fraction of sp³-hybridized carbons (Fsp3) is 0.577. The maximum absolute atomic E-state index is 13.5. The smallest absolute Gasteiger partial charge is 0.311 e. The number of ether oxygens (including phenoxy) is 1. The Bertz CT molecular complexity index is 1070. The van der Waals surface area contributed by atoms with Gasteiger partial charge in [-0.2, -0.15) is 0 Å². The molecule has 1 amide bonds. The minimum absolute atomic E-state index is 0.0303. The van der Waals surface area contributed by atoms with Gasteiger partial charge >= 0.3 is 5.97 Å². The second kappa shape index (κ2) is 6.30. The van der Waals surface area contributed by atoms with Gasteiger partial charge in [0.25, 0.3) is 0 Å². The van der Waals surface area contributed by atoms with Gasteiger partial charge in [0.1, 0.15) is 0 Å². The van der Waals surface area contributed by atoms with E-state index in [4.69, 9.17) is 4.74 Å². The molecule has 7 rings (SSSR count). The number of hydrogen-bond acceptors (Lipinski definition) is 4. The normalized spacial score (nSPS) is 37.7. The van der Waals surface area contributed by atoms with Crippen LogP contribution >= 0.6 is 0 Å². The monoisotopic (exact) mass is 418 g/mol. The number of benzene rings is 1. The van der Waals surface area contributed by atoms with Gasteiger partial charge in [-0.1, -0.05) is 18.2 Å². The zero-order valence-corrected chi connectivity index (χ0v) is 18.5. The topological polar surface area (TPSA) is 59.5 Å². The van der Waals surface area contributed by atoms with Crippen molar-refractivity contribution >= 4 is 22.8 Å². The second-order valence-corrected chi connectivity index (χ2v) is 11.0. The Hall–Kier alpha value is -2.43. The van der Waals surface area contributed by atoms with E-state index in [9.17, 15) is 9.59 Å². The Labute approximate surface area is 183 Å². The van der Waals surface area contributed by atoms with Crippen LogP contribution in [0.5, 0.6) is 0 Å². The number of amides is 1. The first-order valence-corrected chi connectivity index (χ1v) is 11.6. The molecule has 5 heteroatoms. The average Bonchev–Trinajstić information content (AvgIpc) is 2.76. The highest BCUT2D eigenvalue weighted by Crippen LogP contribution is 2.65. The molecule has 0 radical (unpaired) electrons. The highest BCUT2D eigenvalue weighted by Gasteiger charge is 2.66. The van der Waals surface area contributed by atoms with E-state index in [-0.39, 0.29) is 29.4 Å². The van der Waals surface area contributed by atoms with E-state index in [0.29, 0.717) is 17.8 Å². The lowest BCUT2D eigenvalue weighted by Crippen LogP contribution is -2.70. The molecule has 0 N–H and O–H groups in total. The summed E-state index contributed by atoms with van der Waals surface area (Å²) in [5.74, 6) is 1.60. The van der Waals surface area contributed by atoms with Crippen LogP contribution in [0.3, 0.4) is 0 Å². The van der Waals surface area contributed by atoms with Crippen LogP contribution < -0.4 is 0 Å². The molecule has 4 saturated carbocycles. The van der Waals surface area contributed by atoms with Crippen molar-refractivity contribution in [2.75, 3.05) is 7.11 Å². The van der Waals surface area contributed by atoms with E-state index in [2.05, 4.69) is 41.9 Å². The molecule has 5 nitrogen and oxygen atoms in total. The number of fused-ring (bicyclic) bond motifs is 1. The Balaban J connectivity index is 1.41. The summed E-state index contributed by atoms with van der Waals surface area (Å²) >= 11 is 0. The molecular weight excluding hydrogens is 388 g/mol. The molecule has 162 valence electrons. The summed E-state index contributed by atoms with van der Waals surface area (Å²) in [4.78, 5) is 33.0. The van der Waals surface area contributed by atoms with E-state index < -0.39 is 5.41 Å². The largest absolute Gasteiger partial charge is 0.469 e. The summed E-state index contributed by atoms with van der Waals surface area (Å²) in [6.07, 6.45) is 6.79. The van der Waals surface area contributed by atoms with Gasteiger partial charge in [-0.05, 0) is 81.4 Å². The molecule has 1 aromatic carbocycles. The van der Waals surface area contributed by atoms with Crippen molar-refractivity contribution in [3.63, 3.8) is 0 Å². The molecule has 2 heterocycles. The van der Waals surface area contributed by atoms with Crippen molar-refractivity contribution < 1.29 is 14.3 Å². The number of methoxy groups -OCH3 is 1. The van der Waals surface area contributed by atoms with Crippen molar-refractivity contribution in [3.8, 4) is 0 Å². The van der Waals surface area contributed by atoms with Crippen LogP contribution in [0.25, 0.3) is 10.9 Å². The summed E-state index contributed by atoms with van der Waals surface area (Å²) in [5.41, 5.74) is 1.43. The number of rotatable bonds is 3. The fourth-order valence-corrected chi connectivity index (χ4v) is 7.98. The zero-order valence-electron chi connectivity index (χ0n) is 18.5. The molecule has 6 atom stereocenters. The van der Waals surface area contributed by atoms with Gasteiger partial charge < -0.3 is 9.64 Å². The van der Waals surface area contributed by atoms with Crippen molar-refractivity contribution in [1.29, 1.82) is 0 Å². The lowest BCUT2D eigenvalue weighted by atomic mass is 9.47. The lowest BCUT2D eigenvalue weighted by molar-refractivity contribution is -0.203. The number of esters is 1. The summed E-state index contributed by atoms with van der Waals surface area (Å²) in [5, 5.41) is 1.13. The molecule has 1 saturated heterocycles. The Morgan fingerprint density at radius 3 is 2.55 bits per heavy atom. The quantitative estimate of drug-likeness (QED) is 0.543. The molecule has 2 aromatic rings. The molecule has 4 bridgehead atoms. The standard InChI is InChI=1S/C26H30N2O3/c1-25(2)22(19-6-4-8-20-18(19)7-5-9-27-20)28(23(25)29)21-16-10-15-11-17(21)14-26(12-15,13-16)24(30)31-3/h4-9,15-17,21-22H,10-14H2,1-3H3/t15?,16-,17?,21-,22?,26-/m0/s1. The number of aromatic nitrogens is 1. The maximum Gasteiger partial charge on any atom is 0.311 e. The first kappa shape index (κ1) is 19.3. The van der Waals surface area contributed by atoms with E-state index >= 15 is 0 Å². The van der Waals surface area contributed by atoms with Crippen LogP contribution in [-0.2, 0) is 14.3 Å². The average molecular weight is 419 g/mol. The molecule has 5 aliphatic rings. The number of β-lactam (4-membered cyclic amide) rings is 1. The highest BCUT2D eigenvalue weighted by molar-refractivity contribution is 5.93. The van der Waals surface area contributed by atoms with Crippen molar-refractivity contribution in [2.24, 2.45) is 28.6 Å². The van der Waals surface area contributed by atoms with Crippen LogP contribution in [-0.4, -0.2) is 34.9 Å². The number of nitrogens with zero attached hydrogens (tertiary/aromatic N) is 2. The minimum atomic E-state index is -0.432. The number of pyridine rings is 1. The van der Waals surface area contributed by atoms with Crippen molar-refractivity contribution in [3.05, 3.63) is 42.1 Å². The number of likely N-dealkylation sites (tertiary alicyclic amines) is 1. The van der Waals surface area contributed by atoms with Gasteiger partial charge in [0, 0.05) is 17.6 Å². The predicted molar refractivity (Wildman–Crippen MR) is 117 cm³/mol. The Morgan fingerprint density at radius 1 is 1.10 bits per heavy atom. The van der Waals surface area contributed by atoms with Crippen molar-refractivity contribution in [2.45, 2.75) is 58.0 Å². The summed E-state index contributed by atoms with van der Waals surface area (Å²) in [7, 11) is 1.52. The van der Waals surface area contributed by atoms with E-state index in [1.807, 2.05) is 18.3 Å². The third-order valence-electron chi connectivity index (χ3n) is 8.88. The van der Waals surface area contributed by atoms with Crippen LogP contribution in [0.1, 0.15) is 57.6 Å². The van der Waals surface area contributed by atoms with Crippen LogP contribution in [0, 0.1) is 28.6 Å². The summed E-state index contributed by atoms with van der Waals surface area (Å²) in [6.45, 7) is 4.16. The third kappa shape index (κ3) is 2.46. The number of carbonyl (C=O) groups is 2. The van der Waals surface area contributed by atoms with E-state index in [0.717, 1.165) is 43.0 Å². The van der Waals surface area contributed by atoms with Crippen LogP contribution in [0.2, 0.25) is 0 Å². The predicted octanol–water partition coefficient (Wildman–Crippen LogP) is 4.51. The van der Waals surface area contributed by atoms with Gasteiger partial charge in [0.15, 0.2) is 0 Å². The van der Waals surface area contributed by atoms with E-state index in [1.165, 1.54) is 12.7 Å². The molecule has 1 aliphatic heterocycles. The Kier molecular flexibility index (Phi) is 3.92. The molecule has 3 unspecified atom stereocenters. The molecule has 1 aromatic heterocycles. The van der Waals surface area contributed by atoms with Gasteiger partial charge in [-0.15, -0.1) is 0 Å². The van der Waals surface area contributed by atoms with Gasteiger partial charge in [0.2, 0.25) is 5.91 Å². The van der Waals surface area contributed by atoms with Crippen LogP contribution in [0.4, 0.5) is 0 Å². The molecular formula is C26H30N2O3. The van der Waals surface area contributed by atoms with Crippen molar-refractivity contribution in [1.82, 2.24) is 9.88 Å². The maximum atomic E-state index is 13.5. The summed E-state index contributed by atoms with van der Waals surface area (Å²) in [6, 6.07) is 10.6. The fourth-order valence-electron chi connectivity index (χ4n) is 7.98. The second-order valence-electron chi connectivity index (χ2n) is 11.0. The third-order valence-corrected chi connectivity index (χ3v) is 8.88. The summed E-state index contributed by atoms with van der Waals surface area (Å²) < 4.78 is 5.24. The molecule has 4 aliphatic carbocycles. The first-order valence-electron chi connectivity index (χ1n) is 11.6. The molecule has 5 fully saturated rings.